The number of nitrogens with two attached hydrogens (primary N) is 1. The standard InChI is InChI=1S/C16H14N2O2/c17-16(20)13-7-4-8-14(11-13)18-15(19)10-9-12-5-2-1-3-6-12/h1-11H,(H2,17,20)(H,18,19)/b10-9-. The average molecular weight is 266 g/mol. The molecule has 0 unspecified atom stereocenters. The SMILES string of the molecule is NC(=O)c1cccc(NC(=O)/C=C\c2ccccc2)c1. The highest BCUT2D eigenvalue weighted by Crippen LogP contribution is 2.10. The molecule has 0 saturated carbocycles. The van der Waals surface area contributed by atoms with Crippen LogP contribution in [-0.2, 0) is 4.79 Å². The first kappa shape index (κ1) is 13.5. The number of benzene rings is 2. The van der Waals surface area contributed by atoms with E-state index in [4.69, 9.17) is 5.73 Å². The van der Waals surface area contributed by atoms with Crippen molar-refractivity contribution < 1.29 is 9.59 Å². The Balaban J connectivity index is 2.03. The Morgan fingerprint density at radius 3 is 2.45 bits per heavy atom. The minimum Gasteiger partial charge on any atom is -0.366 e. The molecule has 2 rings (SSSR count). The molecule has 0 heterocycles. The van der Waals surface area contributed by atoms with Crippen LogP contribution in [0.4, 0.5) is 5.69 Å². The van der Waals surface area contributed by atoms with Crippen molar-refractivity contribution >= 4 is 23.6 Å². The molecule has 20 heavy (non-hydrogen) atoms. The first-order valence-corrected chi connectivity index (χ1v) is 6.09. The van der Waals surface area contributed by atoms with Crippen molar-refractivity contribution in [1.29, 1.82) is 0 Å². The van der Waals surface area contributed by atoms with E-state index >= 15 is 0 Å². The molecule has 0 aliphatic heterocycles. The molecule has 0 bridgehead atoms. The van der Waals surface area contributed by atoms with Crippen LogP contribution in [0, 0.1) is 0 Å². The van der Waals surface area contributed by atoms with Gasteiger partial charge in [0.05, 0.1) is 0 Å². The maximum absolute atomic E-state index is 11.8. The number of carbonyl (C=O) groups excluding carboxylic acids is 2. The molecular formula is C16H14N2O2. The van der Waals surface area contributed by atoms with Crippen molar-refractivity contribution in [2.45, 2.75) is 0 Å². The lowest BCUT2D eigenvalue weighted by Crippen LogP contribution is -2.12. The summed E-state index contributed by atoms with van der Waals surface area (Å²) in [5.41, 5.74) is 7.01. The number of nitrogens with one attached hydrogen (secondary N) is 1. The van der Waals surface area contributed by atoms with Crippen LogP contribution in [0.1, 0.15) is 15.9 Å². The molecular weight excluding hydrogens is 252 g/mol. The Bertz CT molecular complexity index is 649. The van der Waals surface area contributed by atoms with Crippen LogP contribution in [0.15, 0.2) is 60.7 Å². The van der Waals surface area contributed by atoms with E-state index in [1.54, 1.807) is 24.3 Å². The quantitative estimate of drug-likeness (QED) is 0.834. The van der Waals surface area contributed by atoms with Crippen molar-refractivity contribution in [3.05, 3.63) is 71.8 Å². The molecule has 2 aromatic carbocycles. The van der Waals surface area contributed by atoms with Gasteiger partial charge in [-0.05, 0) is 29.8 Å². The Hall–Kier alpha value is -2.88. The zero-order valence-electron chi connectivity index (χ0n) is 10.7. The predicted molar refractivity (Wildman–Crippen MR) is 79.1 cm³/mol. The summed E-state index contributed by atoms with van der Waals surface area (Å²) in [7, 11) is 0. The molecule has 0 aliphatic carbocycles. The lowest BCUT2D eigenvalue weighted by molar-refractivity contribution is -0.111. The molecule has 2 aromatic rings. The average Bonchev–Trinajstić information content (AvgIpc) is 2.46. The molecule has 2 amide bonds. The van der Waals surface area contributed by atoms with E-state index in [2.05, 4.69) is 5.32 Å². The number of hydrogen-bond donors (Lipinski definition) is 2. The molecule has 0 saturated heterocycles. The van der Waals surface area contributed by atoms with Crippen LogP contribution in [0.5, 0.6) is 0 Å². The number of amides is 2. The van der Waals surface area contributed by atoms with E-state index in [1.165, 1.54) is 12.1 Å². The maximum Gasteiger partial charge on any atom is 0.248 e. The molecule has 0 radical (unpaired) electrons. The van der Waals surface area contributed by atoms with Gasteiger partial charge in [-0.15, -0.1) is 0 Å². The van der Waals surface area contributed by atoms with E-state index in [1.807, 2.05) is 30.3 Å². The van der Waals surface area contributed by atoms with Crippen LogP contribution in [0.3, 0.4) is 0 Å². The monoisotopic (exact) mass is 266 g/mol. The molecule has 4 heteroatoms. The van der Waals surface area contributed by atoms with Gasteiger partial charge < -0.3 is 11.1 Å². The zero-order chi connectivity index (χ0) is 14.4. The summed E-state index contributed by atoms with van der Waals surface area (Å²) < 4.78 is 0. The lowest BCUT2D eigenvalue weighted by Gasteiger charge is -2.03. The van der Waals surface area contributed by atoms with E-state index in [9.17, 15) is 9.59 Å². The first-order valence-electron chi connectivity index (χ1n) is 6.09. The fourth-order valence-corrected chi connectivity index (χ4v) is 1.67. The lowest BCUT2D eigenvalue weighted by atomic mass is 10.2. The second-order valence-electron chi connectivity index (χ2n) is 4.18. The van der Waals surface area contributed by atoms with Crippen LogP contribution in [0.2, 0.25) is 0 Å². The minimum atomic E-state index is -0.527. The second kappa shape index (κ2) is 6.33. The largest absolute Gasteiger partial charge is 0.366 e. The maximum atomic E-state index is 11.8. The van der Waals surface area contributed by atoms with Crippen LogP contribution >= 0.6 is 0 Å². The van der Waals surface area contributed by atoms with Crippen molar-refractivity contribution in [2.75, 3.05) is 5.32 Å². The molecule has 0 atom stereocenters. The van der Waals surface area contributed by atoms with E-state index in [0.29, 0.717) is 11.3 Å². The highest BCUT2D eigenvalue weighted by atomic mass is 16.1. The van der Waals surface area contributed by atoms with Crippen molar-refractivity contribution in [2.24, 2.45) is 5.73 Å². The molecule has 0 fully saturated rings. The molecule has 0 spiro atoms. The van der Waals surface area contributed by atoms with Gasteiger partial charge in [-0.1, -0.05) is 36.4 Å². The fraction of sp³-hybridized carbons (Fsp3) is 0. The third kappa shape index (κ3) is 3.81. The minimum absolute atomic E-state index is 0.268. The molecule has 4 nitrogen and oxygen atoms in total. The van der Waals surface area contributed by atoms with Crippen molar-refractivity contribution in [3.8, 4) is 0 Å². The zero-order valence-corrected chi connectivity index (χ0v) is 10.7. The summed E-state index contributed by atoms with van der Waals surface area (Å²) in [5.74, 6) is -0.795. The molecule has 3 N–H and O–H groups in total. The number of hydrogen-bond acceptors (Lipinski definition) is 2. The van der Waals surface area contributed by atoms with Gasteiger partial charge in [0.2, 0.25) is 11.8 Å². The summed E-state index contributed by atoms with van der Waals surface area (Å²) >= 11 is 0. The summed E-state index contributed by atoms with van der Waals surface area (Å²) in [4.78, 5) is 22.8. The summed E-state index contributed by atoms with van der Waals surface area (Å²) in [5, 5.41) is 2.67. The normalized spacial score (nSPS) is 10.4. The summed E-state index contributed by atoms with van der Waals surface area (Å²) in [6.45, 7) is 0. The van der Waals surface area contributed by atoms with E-state index in [0.717, 1.165) is 5.56 Å². The Morgan fingerprint density at radius 2 is 1.75 bits per heavy atom. The molecule has 0 aromatic heterocycles. The predicted octanol–water partition coefficient (Wildman–Crippen LogP) is 2.44. The number of anilines is 1. The van der Waals surface area contributed by atoms with E-state index < -0.39 is 5.91 Å². The van der Waals surface area contributed by atoms with Crippen LogP contribution in [-0.4, -0.2) is 11.8 Å². The van der Waals surface area contributed by atoms with Gasteiger partial charge in [0, 0.05) is 17.3 Å². The topological polar surface area (TPSA) is 72.2 Å². The van der Waals surface area contributed by atoms with Gasteiger partial charge in [-0.25, -0.2) is 0 Å². The van der Waals surface area contributed by atoms with Gasteiger partial charge in [0.15, 0.2) is 0 Å². The smallest absolute Gasteiger partial charge is 0.248 e. The van der Waals surface area contributed by atoms with Crippen LogP contribution in [0.25, 0.3) is 6.08 Å². The molecule has 100 valence electrons. The Kier molecular flexibility index (Phi) is 4.29. The highest BCUT2D eigenvalue weighted by Gasteiger charge is 2.02. The Labute approximate surface area is 116 Å². The van der Waals surface area contributed by atoms with E-state index in [-0.39, 0.29) is 5.91 Å². The van der Waals surface area contributed by atoms with Gasteiger partial charge >= 0.3 is 0 Å². The number of rotatable bonds is 4. The highest BCUT2D eigenvalue weighted by molar-refractivity contribution is 6.02. The number of carbonyl (C=O) groups is 2. The first-order chi connectivity index (χ1) is 9.65. The van der Waals surface area contributed by atoms with Gasteiger partial charge in [0.1, 0.15) is 0 Å². The van der Waals surface area contributed by atoms with Gasteiger partial charge in [-0.3, -0.25) is 9.59 Å². The third-order valence-electron chi connectivity index (χ3n) is 2.64. The van der Waals surface area contributed by atoms with Gasteiger partial charge in [-0.2, -0.15) is 0 Å². The fourth-order valence-electron chi connectivity index (χ4n) is 1.67. The van der Waals surface area contributed by atoms with Crippen molar-refractivity contribution in [3.63, 3.8) is 0 Å². The van der Waals surface area contributed by atoms with Crippen LogP contribution < -0.4 is 11.1 Å². The summed E-state index contributed by atoms with van der Waals surface area (Å²) in [6, 6.07) is 16.0. The summed E-state index contributed by atoms with van der Waals surface area (Å²) in [6.07, 6.45) is 3.15. The van der Waals surface area contributed by atoms with Crippen molar-refractivity contribution in [1.82, 2.24) is 0 Å². The third-order valence-corrected chi connectivity index (χ3v) is 2.64. The van der Waals surface area contributed by atoms with Gasteiger partial charge in [0.25, 0.3) is 0 Å². The Morgan fingerprint density at radius 1 is 1.00 bits per heavy atom. The molecule has 0 aliphatic rings. The number of primary amides is 1. The second-order valence-corrected chi connectivity index (χ2v) is 4.18.